The van der Waals surface area contributed by atoms with E-state index in [9.17, 15) is 20.3 Å². The first kappa shape index (κ1) is 17.9. The fourth-order valence-corrected chi connectivity index (χ4v) is 2.91. The molecule has 3 N–H and O–H groups in total. The summed E-state index contributed by atoms with van der Waals surface area (Å²) < 4.78 is 5.83. The average Bonchev–Trinajstić information content (AvgIpc) is 3.10. The van der Waals surface area contributed by atoms with Crippen LogP contribution in [0.4, 0.5) is 5.69 Å². The minimum Gasteiger partial charge on any atom is -0.504 e. The molecule has 0 bridgehead atoms. The number of halogens is 2. The number of nitroso groups, excluding NO2 is 1. The van der Waals surface area contributed by atoms with Gasteiger partial charge < -0.3 is 14.7 Å². The SMILES string of the molecule is Cc1c(Cl)c(C)[n+](O)c(Cl)c1-c1noc(-c2cc(O)c(O)c(N=O)c2)n1. The van der Waals surface area contributed by atoms with Crippen molar-refractivity contribution in [2.24, 2.45) is 5.18 Å². The maximum atomic E-state index is 10.7. The van der Waals surface area contributed by atoms with Crippen LogP contribution in [0.15, 0.2) is 21.8 Å². The van der Waals surface area contributed by atoms with E-state index in [2.05, 4.69) is 15.3 Å². The predicted octanol–water partition coefficient (Wildman–Crippen LogP) is 3.66. The van der Waals surface area contributed by atoms with Crippen LogP contribution in [0.3, 0.4) is 0 Å². The van der Waals surface area contributed by atoms with E-state index >= 15 is 0 Å². The zero-order valence-electron chi connectivity index (χ0n) is 13.4. The average molecular weight is 398 g/mol. The van der Waals surface area contributed by atoms with E-state index in [0.29, 0.717) is 16.0 Å². The Morgan fingerprint density at radius 3 is 2.58 bits per heavy atom. The van der Waals surface area contributed by atoms with Crippen LogP contribution in [0.5, 0.6) is 11.5 Å². The minimum absolute atomic E-state index is 0.0281. The lowest BCUT2D eigenvalue weighted by atomic mass is 10.1. The van der Waals surface area contributed by atoms with Gasteiger partial charge in [0.2, 0.25) is 5.82 Å². The summed E-state index contributed by atoms with van der Waals surface area (Å²) in [6.07, 6.45) is 0. The van der Waals surface area contributed by atoms with E-state index in [1.54, 1.807) is 13.8 Å². The molecule has 0 aliphatic rings. The highest BCUT2D eigenvalue weighted by Gasteiger charge is 2.29. The van der Waals surface area contributed by atoms with Crippen molar-refractivity contribution in [1.82, 2.24) is 10.1 Å². The summed E-state index contributed by atoms with van der Waals surface area (Å²) in [5, 5.41) is 35.9. The van der Waals surface area contributed by atoms with E-state index in [1.165, 1.54) is 6.07 Å². The number of aromatic nitrogens is 3. The van der Waals surface area contributed by atoms with Crippen LogP contribution in [0.1, 0.15) is 11.3 Å². The zero-order chi connectivity index (χ0) is 19.2. The number of rotatable bonds is 3. The molecule has 1 aromatic carbocycles. The molecule has 0 unspecified atom stereocenters. The molecule has 0 saturated carbocycles. The van der Waals surface area contributed by atoms with E-state index < -0.39 is 11.5 Å². The molecule has 0 aliphatic heterocycles. The third kappa shape index (κ3) is 2.71. The van der Waals surface area contributed by atoms with Gasteiger partial charge >= 0.3 is 5.15 Å². The molecule has 0 spiro atoms. The number of phenolic OH excluding ortho intramolecular Hbond substituents is 2. The second kappa shape index (κ2) is 6.43. The molecule has 0 saturated heterocycles. The van der Waals surface area contributed by atoms with E-state index in [0.717, 1.165) is 6.07 Å². The Kier molecular flexibility index (Phi) is 4.43. The van der Waals surface area contributed by atoms with Gasteiger partial charge in [0.25, 0.3) is 11.6 Å². The Hall–Kier alpha value is -2.91. The molecule has 0 atom stereocenters. The fraction of sp³-hybridized carbons (Fsp3) is 0.133. The zero-order valence-corrected chi connectivity index (χ0v) is 14.9. The van der Waals surface area contributed by atoms with Crippen LogP contribution in [-0.4, -0.2) is 25.6 Å². The first-order valence-corrected chi connectivity index (χ1v) is 7.85. The van der Waals surface area contributed by atoms with Crippen molar-refractivity contribution in [3.05, 3.63) is 38.5 Å². The number of aromatic hydroxyl groups is 2. The van der Waals surface area contributed by atoms with Crippen molar-refractivity contribution in [2.75, 3.05) is 0 Å². The summed E-state index contributed by atoms with van der Waals surface area (Å²) >= 11 is 12.3. The number of phenols is 2. The number of benzene rings is 1. The fourth-order valence-electron chi connectivity index (χ4n) is 2.38. The topological polar surface area (TPSA) is 133 Å². The van der Waals surface area contributed by atoms with Gasteiger partial charge in [0.15, 0.2) is 17.2 Å². The van der Waals surface area contributed by atoms with Gasteiger partial charge in [-0.3, -0.25) is 5.21 Å². The molecule has 0 fully saturated rings. The lowest BCUT2D eigenvalue weighted by Gasteiger charge is -2.05. The van der Waals surface area contributed by atoms with Crippen LogP contribution in [0, 0.1) is 18.8 Å². The molecule has 3 rings (SSSR count). The normalized spacial score (nSPS) is 10.9. The highest BCUT2D eigenvalue weighted by Crippen LogP contribution is 2.40. The van der Waals surface area contributed by atoms with Gasteiger partial charge in [0.1, 0.15) is 10.6 Å². The molecular weight excluding hydrogens is 387 g/mol. The Bertz CT molecular complexity index is 1020. The van der Waals surface area contributed by atoms with Crippen LogP contribution >= 0.6 is 23.2 Å². The van der Waals surface area contributed by atoms with Crippen molar-refractivity contribution in [2.45, 2.75) is 13.8 Å². The predicted molar refractivity (Wildman–Crippen MR) is 90.8 cm³/mol. The van der Waals surface area contributed by atoms with Gasteiger partial charge in [-0.1, -0.05) is 16.8 Å². The second-order valence-electron chi connectivity index (χ2n) is 5.38. The van der Waals surface area contributed by atoms with Crippen LogP contribution in [-0.2, 0) is 0 Å². The highest BCUT2D eigenvalue weighted by molar-refractivity contribution is 6.34. The van der Waals surface area contributed by atoms with Crippen molar-refractivity contribution in [3.63, 3.8) is 0 Å². The molecule has 26 heavy (non-hydrogen) atoms. The maximum Gasteiger partial charge on any atom is 0.336 e. The first-order chi connectivity index (χ1) is 12.3. The summed E-state index contributed by atoms with van der Waals surface area (Å²) in [5.41, 5.74) is 0.872. The molecule has 2 heterocycles. The van der Waals surface area contributed by atoms with Gasteiger partial charge in [-0.05, 0) is 41.4 Å². The minimum atomic E-state index is -0.658. The largest absolute Gasteiger partial charge is 0.504 e. The molecule has 2 aromatic heterocycles. The molecule has 11 heteroatoms. The van der Waals surface area contributed by atoms with Crippen molar-refractivity contribution >= 4 is 28.9 Å². The Balaban J connectivity index is 2.16. The van der Waals surface area contributed by atoms with Crippen LogP contribution in [0.2, 0.25) is 10.2 Å². The van der Waals surface area contributed by atoms with Crippen molar-refractivity contribution < 1.29 is 24.7 Å². The lowest BCUT2D eigenvalue weighted by Crippen LogP contribution is -2.36. The summed E-state index contributed by atoms with van der Waals surface area (Å²) in [6, 6.07) is 2.30. The Morgan fingerprint density at radius 2 is 1.92 bits per heavy atom. The van der Waals surface area contributed by atoms with E-state index in [1.807, 2.05) is 0 Å². The van der Waals surface area contributed by atoms with Gasteiger partial charge in [-0.2, -0.15) is 4.98 Å². The van der Waals surface area contributed by atoms with Crippen molar-refractivity contribution in [1.29, 1.82) is 0 Å². The van der Waals surface area contributed by atoms with Gasteiger partial charge in [-0.15, -0.1) is 4.91 Å². The third-order valence-electron chi connectivity index (χ3n) is 3.80. The van der Waals surface area contributed by atoms with Crippen LogP contribution < -0.4 is 4.73 Å². The summed E-state index contributed by atoms with van der Waals surface area (Å²) in [6.45, 7) is 3.26. The monoisotopic (exact) mass is 397 g/mol. The second-order valence-corrected chi connectivity index (χ2v) is 6.12. The number of hydrogen-bond donors (Lipinski definition) is 3. The Labute approximate surface area is 156 Å². The van der Waals surface area contributed by atoms with Crippen LogP contribution in [0.25, 0.3) is 22.8 Å². The molecular formula is C15H11Cl2N4O5+. The number of nitrogens with zero attached hydrogens (tertiary/aromatic N) is 4. The number of pyridine rings is 1. The number of hydrogen-bond acceptors (Lipinski definition) is 8. The third-order valence-corrected chi connectivity index (χ3v) is 4.70. The lowest BCUT2D eigenvalue weighted by molar-refractivity contribution is -0.906. The van der Waals surface area contributed by atoms with E-state index in [4.69, 9.17) is 27.7 Å². The maximum absolute atomic E-state index is 10.7. The summed E-state index contributed by atoms with van der Waals surface area (Å²) in [5.74, 6) is -1.27. The smallest absolute Gasteiger partial charge is 0.336 e. The molecule has 3 aromatic rings. The van der Waals surface area contributed by atoms with Gasteiger partial charge in [-0.25, -0.2) is 0 Å². The molecule has 0 radical (unpaired) electrons. The molecule has 0 amide bonds. The Morgan fingerprint density at radius 1 is 1.23 bits per heavy atom. The molecule has 0 aliphatic carbocycles. The first-order valence-electron chi connectivity index (χ1n) is 7.09. The summed E-state index contributed by atoms with van der Waals surface area (Å²) in [7, 11) is 0. The quantitative estimate of drug-likeness (QED) is 0.202. The molecule has 9 nitrogen and oxygen atoms in total. The van der Waals surface area contributed by atoms with E-state index in [-0.39, 0.29) is 38.7 Å². The standard InChI is InChI=1S/C15H10Cl2N4O5/c1-5-10(13(17)21(25)6(2)11(5)16)14-18-15(26-20-14)7-3-8(19-24)12(23)9(22)4-7/h3-4H,1-2H3,(H2-,18,19,20,22,23,24,25)/p+1. The van der Waals surface area contributed by atoms with Crippen molar-refractivity contribution in [3.8, 4) is 34.3 Å². The van der Waals surface area contributed by atoms with Gasteiger partial charge in [0, 0.05) is 17.2 Å². The summed E-state index contributed by atoms with van der Waals surface area (Å²) in [4.78, 5) is 14.9. The highest BCUT2D eigenvalue weighted by atomic mass is 35.5. The molecule has 134 valence electrons. The van der Waals surface area contributed by atoms with Gasteiger partial charge in [0.05, 0.1) is 0 Å².